The van der Waals surface area contributed by atoms with Crippen LogP contribution in [-0.2, 0) is 19.5 Å². The first-order valence-electron chi connectivity index (χ1n) is 8.22. The van der Waals surface area contributed by atoms with Gasteiger partial charge in [0.05, 0.1) is 12.6 Å². The van der Waals surface area contributed by atoms with E-state index in [1.165, 1.54) is 6.42 Å². The molecule has 0 aliphatic carbocycles. The number of aliphatic hydroxyl groups is 1. The third-order valence-corrected chi connectivity index (χ3v) is 4.37. The lowest BCUT2D eigenvalue weighted by molar-refractivity contribution is 0.114. The Labute approximate surface area is 131 Å². The van der Waals surface area contributed by atoms with E-state index >= 15 is 0 Å². The van der Waals surface area contributed by atoms with Gasteiger partial charge < -0.3 is 20.3 Å². The fraction of sp³-hybridized carbons (Fsp3) is 0.800. The van der Waals surface area contributed by atoms with Crippen molar-refractivity contribution in [2.75, 3.05) is 6.54 Å². The van der Waals surface area contributed by atoms with Crippen LogP contribution in [-0.4, -0.2) is 38.6 Å². The number of aromatic nitrogens is 3. The van der Waals surface area contributed by atoms with E-state index in [0.29, 0.717) is 6.54 Å². The molecule has 1 aromatic heterocycles. The van der Waals surface area contributed by atoms with Crippen LogP contribution >= 0.6 is 0 Å². The first-order chi connectivity index (χ1) is 10.6. The molecule has 7 heteroatoms. The van der Waals surface area contributed by atoms with Gasteiger partial charge in [-0.15, -0.1) is 10.2 Å². The lowest BCUT2D eigenvalue weighted by Crippen LogP contribution is -2.41. The number of hydrogen-bond acceptors (Lipinski definition) is 4. The van der Waals surface area contributed by atoms with Gasteiger partial charge in [0.1, 0.15) is 5.82 Å². The number of aryl methyl sites for hydroxylation is 1. The summed E-state index contributed by atoms with van der Waals surface area (Å²) in [5, 5.41) is 23.7. The maximum atomic E-state index is 11.8. The number of aliphatic hydroxyl groups excluding tert-OH is 1. The molecule has 0 radical (unpaired) electrons. The summed E-state index contributed by atoms with van der Waals surface area (Å²) >= 11 is 0. The molecule has 124 valence electrons. The van der Waals surface area contributed by atoms with Crippen LogP contribution in [0.15, 0.2) is 0 Å². The normalized spacial score (nSPS) is 17.2. The quantitative estimate of drug-likeness (QED) is 0.736. The third-order valence-electron chi connectivity index (χ3n) is 4.37. The Morgan fingerprint density at radius 3 is 2.91 bits per heavy atom. The Kier molecular flexibility index (Phi) is 6.18. The predicted molar refractivity (Wildman–Crippen MR) is 83.3 cm³/mol. The summed E-state index contributed by atoms with van der Waals surface area (Å²) in [7, 11) is 0. The standard InChI is InChI=1S/C15H27N5O2/c1-3-11(2)12(21)9-16-15(22)17-10-14-19-18-13-7-5-4-6-8-20(13)14/h11-12,21H,3-10H2,1-2H3,(H2,16,17,22). The molecule has 0 aromatic carbocycles. The zero-order chi connectivity index (χ0) is 15.9. The molecule has 1 aromatic rings. The van der Waals surface area contributed by atoms with Gasteiger partial charge in [-0.3, -0.25) is 0 Å². The summed E-state index contributed by atoms with van der Waals surface area (Å²) in [6.07, 6.45) is 4.83. The van der Waals surface area contributed by atoms with Crippen molar-refractivity contribution in [3.8, 4) is 0 Å². The summed E-state index contributed by atoms with van der Waals surface area (Å²) in [4.78, 5) is 11.8. The molecule has 0 bridgehead atoms. The monoisotopic (exact) mass is 309 g/mol. The molecule has 2 heterocycles. The molecular formula is C15H27N5O2. The molecule has 7 nitrogen and oxygen atoms in total. The molecule has 2 atom stereocenters. The summed E-state index contributed by atoms with van der Waals surface area (Å²) < 4.78 is 2.11. The van der Waals surface area contributed by atoms with Gasteiger partial charge in [0, 0.05) is 19.5 Å². The number of nitrogens with one attached hydrogen (secondary N) is 2. The van der Waals surface area contributed by atoms with Crippen molar-refractivity contribution in [1.82, 2.24) is 25.4 Å². The van der Waals surface area contributed by atoms with E-state index in [1.807, 2.05) is 13.8 Å². The van der Waals surface area contributed by atoms with Gasteiger partial charge in [0.15, 0.2) is 5.82 Å². The molecule has 0 saturated heterocycles. The average molecular weight is 309 g/mol. The van der Waals surface area contributed by atoms with E-state index in [-0.39, 0.29) is 18.5 Å². The van der Waals surface area contributed by atoms with Crippen LogP contribution < -0.4 is 10.6 Å². The number of amides is 2. The Hall–Kier alpha value is -1.63. The highest BCUT2D eigenvalue weighted by molar-refractivity contribution is 5.73. The van der Waals surface area contributed by atoms with Gasteiger partial charge in [-0.1, -0.05) is 26.7 Å². The van der Waals surface area contributed by atoms with Gasteiger partial charge in [-0.25, -0.2) is 4.79 Å². The van der Waals surface area contributed by atoms with E-state index in [2.05, 4.69) is 25.4 Å². The highest BCUT2D eigenvalue weighted by atomic mass is 16.3. The maximum absolute atomic E-state index is 11.8. The van der Waals surface area contributed by atoms with Crippen LogP contribution in [0.4, 0.5) is 4.79 Å². The average Bonchev–Trinajstić information content (AvgIpc) is 2.76. The summed E-state index contributed by atoms with van der Waals surface area (Å²) in [5.41, 5.74) is 0. The summed E-state index contributed by atoms with van der Waals surface area (Å²) in [5.74, 6) is 1.99. The van der Waals surface area contributed by atoms with Crippen LogP contribution in [0.2, 0.25) is 0 Å². The van der Waals surface area contributed by atoms with E-state index < -0.39 is 6.10 Å². The molecule has 0 saturated carbocycles. The van der Waals surface area contributed by atoms with Crippen LogP contribution in [0.5, 0.6) is 0 Å². The molecule has 1 aliphatic rings. The zero-order valence-electron chi connectivity index (χ0n) is 13.5. The fourth-order valence-electron chi connectivity index (χ4n) is 2.57. The highest BCUT2D eigenvalue weighted by Crippen LogP contribution is 2.14. The number of carbonyl (C=O) groups is 1. The minimum absolute atomic E-state index is 0.174. The minimum Gasteiger partial charge on any atom is -0.391 e. The predicted octanol–water partition coefficient (Wildman–Crippen LogP) is 1.21. The van der Waals surface area contributed by atoms with Crippen molar-refractivity contribution >= 4 is 6.03 Å². The van der Waals surface area contributed by atoms with Crippen molar-refractivity contribution in [3.63, 3.8) is 0 Å². The molecule has 0 spiro atoms. The van der Waals surface area contributed by atoms with Crippen LogP contribution in [0, 0.1) is 5.92 Å². The smallest absolute Gasteiger partial charge is 0.315 e. The van der Waals surface area contributed by atoms with Crippen molar-refractivity contribution in [2.45, 2.75) is 65.1 Å². The van der Waals surface area contributed by atoms with Gasteiger partial charge >= 0.3 is 6.03 Å². The molecule has 1 aliphatic heterocycles. The Morgan fingerprint density at radius 2 is 2.14 bits per heavy atom. The van der Waals surface area contributed by atoms with E-state index in [9.17, 15) is 9.90 Å². The van der Waals surface area contributed by atoms with Gasteiger partial charge in [0.2, 0.25) is 0 Å². The fourth-order valence-corrected chi connectivity index (χ4v) is 2.57. The molecular weight excluding hydrogens is 282 g/mol. The number of hydrogen-bond donors (Lipinski definition) is 3. The largest absolute Gasteiger partial charge is 0.391 e. The lowest BCUT2D eigenvalue weighted by Gasteiger charge is -2.17. The minimum atomic E-state index is -0.514. The van der Waals surface area contributed by atoms with Crippen molar-refractivity contribution in [2.24, 2.45) is 5.92 Å². The van der Waals surface area contributed by atoms with Gasteiger partial charge in [-0.05, 0) is 18.8 Å². The number of nitrogens with zero attached hydrogens (tertiary/aromatic N) is 3. The second-order valence-corrected chi connectivity index (χ2v) is 6.01. The van der Waals surface area contributed by atoms with Crippen molar-refractivity contribution < 1.29 is 9.90 Å². The first-order valence-corrected chi connectivity index (χ1v) is 8.22. The molecule has 0 fully saturated rings. The number of urea groups is 1. The molecule has 3 N–H and O–H groups in total. The number of carbonyl (C=O) groups excluding carboxylic acids is 1. The second kappa shape index (κ2) is 8.12. The third kappa shape index (κ3) is 4.43. The topological polar surface area (TPSA) is 92.1 Å². The van der Waals surface area contributed by atoms with Crippen molar-refractivity contribution in [1.29, 1.82) is 0 Å². The van der Waals surface area contributed by atoms with Crippen LogP contribution in [0.25, 0.3) is 0 Å². The Bertz CT molecular complexity index is 488. The van der Waals surface area contributed by atoms with Gasteiger partial charge in [-0.2, -0.15) is 0 Å². The maximum Gasteiger partial charge on any atom is 0.315 e. The zero-order valence-corrected chi connectivity index (χ0v) is 13.5. The van der Waals surface area contributed by atoms with Gasteiger partial charge in [0.25, 0.3) is 0 Å². The molecule has 2 rings (SSSR count). The van der Waals surface area contributed by atoms with Crippen LogP contribution in [0.1, 0.15) is 51.2 Å². The van der Waals surface area contributed by atoms with E-state index in [4.69, 9.17) is 0 Å². The lowest BCUT2D eigenvalue weighted by atomic mass is 10.0. The molecule has 2 unspecified atom stereocenters. The Morgan fingerprint density at radius 1 is 1.32 bits per heavy atom. The van der Waals surface area contributed by atoms with Crippen LogP contribution in [0.3, 0.4) is 0 Å². The van der Waals surface area contributed by atoms with E-state index in [1.54, 1.807) is 0 Å². The number of fused-ring (bicyclic) bond motifs is 1. The second-order valence-electron chi connectivity index (χ2n) is 6.01. The summed E-state index contributed by atoms with van der Waals surface area (Å²) in [6.45, 7) is 5.53. The van der Waals surface area contributed by atoms with E-state index in [0.717, 1.165) is 43.9 Å². The first kappa shape index (κ1) is 16.7. The highest BCUT2D eigenvalue weighted by Gasteiger charge is 2.16. The molecule has 2 amide bonds. The van der Waals surface area contributed by atoms with Crippen molar-refractivity contribution in [3.05, 3.63) is 11.6 Å². The number of rotatable bonds is 6. The summed E-state index contributed by atoms with van der Waals surface area (Å²) in [6, 6.07) is -0.284. The SMILES string of the molecule is CCC(C)C(O)CNC(=O)NCc1nnc2n1CCCCC2. The molecule has 22 heavy (non-hydrogen) atoms. The Balaban J connectivity index is 1.78.